The minimum atomic E-state index is 0.561. The molecule has 84 valence electrons. The van der Waals surface area contributed by atoms with Crippen LogP contribution in [0.25, 0.3) is 0 Å². The Bertz CT molecular complexity index is 279. The van der Waals surface area contributed by atoms with E-state index < -0.39 is 0 Å². The lowest BCUT2D eigenvalue weighted by Gasteiger charge is -2.07. The molecule has 0 radical (unpaired) electrons. The van der Waals surface area contributed by atoms with Crippen LogP contribution in [0.5, 0.6) is 5.75 Å². The highest BCUT2D eigenvalue weighted by Crippen LogP contribution is 2.14. The van der Waals surface area contributed by atoms with E-state index >= 15 is 0 Å². The molecule has 0 spiro atoms. The molecular weight excluding hydrogens is 192 g/mol. The first-order valence-electron chi connectivity index (χ1n) is 5.26. The van der Waals surface area contributed by atoms with Gasteiger partial charge in [0.25, 0.3) is 0 Å². The Morgan fingerprint density at radius 1 is 1.27 bits per heavy atom. The average molecular weight is 210 g/mol. The van der Waals surface area contributed by atoms with E-state index in [2.05, 4.69) is 10.3 Å². The predicted octanol–water partition coefficient (Wildman–Crippen LogP) is 1.93. The molecule has 0 bridgehead atoms. The van der Waals surface area contributed by atoms with Gasteiger partial charge in [0.2, 0.25) is 0 Å². The number of rotatable bonds is 7. The third-order valence-corrected chi connectivity index (χ3v) is 1.79. The van der Waals surface area contributed by atoms with Crippen LogP contribution in [-0.2, 0) is 4.74 Å². The minimum Gasteiger partial charge on any atom is -0.489 e. The Morgan fingerprint density at radius 3 is 2.87 bits per heavy atom. The molecule has 15 heavy (non-hydrogen) atoms. The zero-order valence-corrected chi connectivity index (χ0v) is 9.32. The van der Waals surface area contributed by atoms with Gasteiger partial charge in [-0.25, -0.2) is 0 Å². The van der Waals surface area contributed by atoms with Crippen LogP contribution < -0.4 is 10.1 Å². The summed E-state index contributed by atoms with van der Waals surface area (Å²) in [5.41, 5.74) is 0.978. The highest BCUT2D eigenvalue weighted by Gasteiger charge is 1.96. The van der Waals surface area contributed by atoms with Crippen LogP contribution in [-0.4, -0.2) is 31.3 Å². The molecule has 0 aliphatic heterocycles. The number of hydrogen-bond acceptors (Lipinski definition) is 4. The van der Waals surface area contributed by atoms with E-state index in [0.29, 0.717) is 13.2 Å². The summed E-state index contributed by atoms with van der Waals surface area (Å²) in [5.74, 6) is 0.771. The smallest absolute Gasteiger partial charge is 0.139 e. The zero-order valence-electron chi connectivity index (χ0n) is 9.32. The lowest BCUT2D eigenvalue weighted by atomic mass is 10.4. The second kappa shape index (κ2) is 7.06. The largest absolute Gasteiger partial charge is 0.489 e. The van der Waals surface area contributed by atoms with Gasteiger partial charge in [0.05, 0.1) is 24.7 Å². The van der Waals surface area contributed by atoms with Gasteiger partial charge in [-0.1, -0.05) is 0 Å². The molecule has 4 nitrogen and oxygen atoms in total. The number of anilines is 1. The molecule has 0 aromatic carbocycles. The molecule has 1 heterocycles. The van der Waals surface area contributed by atoms with Crippen molar-refractivity contribution in [2.24, 2.45) is 0 Å². The van der Waals surface area contributed by atoms with Gasteiger partial charge in [0, 0.05) is 19.2 Å². The van der Waals surface area contributed by atoms with Crippen LogP contribution >= 0.6 is 0 Å². The van der Waals surface area contributed by atoms with E-state index in [0.717, 1.165) is 24.6 Å². The van der Waals surface area contributed by atoms with Crippen LogP contribution in [0.4, 0.5) is 5.69 Å². The Morgan fingerprint density at radius 2 is 2.13 bits per heavy atom. The number of nitrogens with zero attached hydrogens (tertiary/aromatic N) is 1. The summed E-state index contributed by atoms with van der Waals surface area (Å²) in [6.07, 6.45) is 3.48. The topological polar surface area (TPSA) is 43.4 Å². The van der Waals surface area contributed by atoms with Crippen LogP contribution in [0.3, 0.4) is 0 Å². The molecule has 1 rings (SSSR count). The molecule has 0 fully saturated rings. The van der Waals surface area contributed by atoms with E-state index in [1.165, 1.54) is 0 Å². The number of pyridine rings is 1. The number of hydrogen-bond donors (Lipinski definition) is 1. The third kappa shape index (κ3) is 4.65. The molecule has 1 N–H and O–H groups in total. The molecule has 0 aliphatic rings. The highest BCUT2D eigenvalue weighted by molar-refractivity contribution is 5.44. The van der Waals surface area contributed by atoms with E-state index in [1.807, 2.05) is 19.9 Å². The van der Waals surface area contributed by atoms with Crippen molar-refractivity contribution in [1.82, 2.24) is 4.98 Å². The van der Waals surface area contributed by atoms with Crippen molar-refractivity contribution in [2.45, 2.75) is 13.8 Å². The van der Waals surface area contributed by atoms with Crippen LogP contribution in [0.2, 0.25) is 0 Å². The van der Waals surface area contributed by atoms with Crippen molar-refractivity contribution in [2.75, 3.05) is 31.7 Å². The van der Waals surface area contributed by atoms with Gasteiger partial charge in [-0.15, -0.1) is 0 Å². The summed E-state index contributed by atoms with van der Waals surface area (Å²) in [6.45, 7) is 6.78. The molecule has 0 atom stereocenters. The fourth-order valence-corrected chi connectivity index (χ4v) is 1.16. The third-order valence-electron chi connectivity index (χ3n) is 1.79. The van der Waals surface area contributed by atoms with Gasteiger partial charge in [0.15, 0.2) is 0 Å². The molecule has 0 saturated heterocycles. The molecular formula is C11H18N2O2. The molecule has 1 aromatic heterocycles. The molecule has 0 amide bonds. The summed E-state index contributed by atoms with van der Waals surface area (Å²) in [4.78, 5) is 4.07. The molecule has 0 unspecified atom stereocenters. The maximum absolute atomic E-state index is 5.47. The Labute approximate surface area is 90.6 Å². The monoisotopic (exact) mass is 210 g/mol. The fourth-order valence-electron chi connectivity index (χ4n) is 1.16. The first kappa shape index (κ1) is 11.8. The van der Waals surface area contributed by atoms with E-state index in [-0.39, 0.29) is 0 Å². The lowest BCUT2D eigenvalue weighted by molar-refractivity contribution is 0.110. The van der Waals surface area contributed by atoms with Gasteiger partial charge in [-0.05, 0) is 13.8 Å². The van der Waals surface area contributed by atoms with Gasteiger partial charge >= 0.3 is 0 Å². The number of aromatic nitrogens is 1. The predicted molar refractivity (Wildman–Crippen MR) is 60.4 cm³/mol. The minimum absolute atomic E-state index is 0.561. The first-order chi connectivity index (χ1) is 7.36. The van der Waals surface area contributed by atoms with Gasteiger partial charge in [-0.2, -0.15) is 0 Å². The zero-order chi connectivity index (χ0) is 10.9. The second-order valence-corrected chi connectivity index (χ2v) is 2.99. The number of ether oxygens (including phenoxy) is 2. The van der Waals surface area contributed by atoms with Crippen LogP contribution in [0.1, 0.15) is 13.8 Å². The maximum Gasteiger partial charge on any atom is 0.139 e. The SMILES string of the molecule is CCNc1cncc(OCCOCC)c1. The van der Waals surface area contributed by atoms with Crippen LogP contribution in [0.15, 0.2) is 18.5 Å². The quantitative estimate of drug-likeness (QED) is 0.698. The fraction of sp³-hybridized carbons (Fsp3) is 0.545. The molecule has 4 heteroatoms. The molecule has 0 saturated carbocycles. The summed E-state index contributed by atoms with van der Waals surface area (Å²) >= 11 is 0. The average Bonchev–Trinajstić information content (AvgIpc) is 2.26. The number of nitrogens with one attached hydrogen (secondary N) is 1. The van der Waals surface area contributed by atoms with Gasteiger partial charge in [0.1, 0.15) is 12.4 Å². The van der Waals surface area contributed by atoms with Crippen molar-refractivity contribution >= 4 is 5.69 Å². The Balaban J connectivity index is 2.36. The molecule has 0 aliphatic carbocycles. The van der Waals surface area contributed by atoms with Crippen molar-refractivity contribution in [3.8, 4) is 5.75 Å². The normalized spacial score (nSPS) is 10.0. The Hall–Kier alpha value is -1.29. The highest BCUT2D eigenvalue weighted by atomic mass is 16.5. The standard InChI is InChI=1S/C11H18N2O2/c1-3-13-10-7-11(9-12-8-10)15-6-5-14-4-2/h7-9,13H,3-6H2,1-2H3. The van der Waals surface area contributed by atoms with Crippen molar-refractivity contribution in [1.29, 1.82) is 0 Å². The lowest BCUT2D eigenvalue weighted by Crippen LogP contribution is -2.06. The van der Waals surface area contributed by atoms with E-state index in [4.69, 9.17) is 9.47 Å². The first-order valence-corrected chi connectivity index (χ1v) is 5.26. The van der Waals surface area contributed by atoms with Crippen molar-refractivity contribution in [3.63, 3.8) is 0 Å². The van der Waals surface area contributed by atoms with E-state index in [1.54, 1.807) is 12.4 Å². The summed E-state index contributed by atoms with van der Waals surface area (Å²) in [7, 11) is 0. The van der Waals surface area contributed by atoms with Crippen molar-refractivity contribution in [3.05, 3.63) is 18.5 Å². The van der Waals surface area contributed by atoms with Gasteiger partial charge in [-0.3, -0.25) is 4.98 Å². The summed E-state index contributed by atoms with van der Waals surface area (Å²) in [5, 5.41) is 3.18. The van der Waals surface area contributed by atoms with E-state index in [9.17, 15) is 0 Å². The van der Waals surface area contributed by atoms with Gasteiger partial charge < -0.3 is 14.8 Å². The second-order valence-electron chi connectivity index (χ2n) is 2.99. The summed E-state index contributed by atoms with van der Waals surface area (Å²) in [6, 6.07) is 1.93. The van der Waals surface area contributed by atoms with Crippen molar-refractivity contribution < 1.29 is 9.47 Å². The Kier molecular flexibility index (Phi) is 5.55. The van der Waals surface area contributed by atoms with Crippen LogP contribution in [0, 0.1) is 0 Å². The maximum atomic E-state index is 5.47. The molecule has 1 aromatic rings. The summed E-state index contributed by atoms with van der Waals surface area (Å²) < 4.78 is 10.6.